The monoisotopic (exact) mass is 533 g/mol. The van der Waals surface area contributed by atoms with E-state index in [2.05, 4.69) is 33.2 Å². The van der Waals surface area contributed by atoms with Gasteiger partial charge in [-0.1, -0.05) is 48.5 Å². The first-order chi connectivity index (χ1) is 15.8. The van der Waals surface area contributed by atoms with Gasteiger partial charge in [-0.3, -0.25) is 13.9 Å². The van der Waals surface area contributed by atoms with Crippen molar-refractivity contribution in [2.75, 3.05) is 17.9 Å². The van der Waals surface area contributed by atoms with Gasteiger partial charge in [0.2, 0.25) is 5.43 Å². The highest BCUT2D eigenvalue weighted by Gasteiger charge is 2.23. The van der Waals surface area contributed by atoms with E-state index >= 15 is 0 Å². The lowest BCUT2D eigenvalue weighted by atomic mass is 10.1. The summed E-state index contributed by atoms with van der Waals surface area (Å²) in [6.45, 7) is 2.63. The highest BCUT2D eigenvalue weighted by atomic mass is 79.9. The van der Waals surface area contributed by atoms with Gasteiger partial charge in [0.15, 0.2) is 0 Å². The molecule has 0 spiro atoms. The summed E-state index contributed by atoms with van der Waals surface area (Å²) in [7, 11) is -2.45. The maximum atomic E-state index is 13.2. The Kier molecular flexibility index (Phi) is 8.31. The molecule has 0 saturated carbocycles. The van der Waals surface area contributed by atoms with E-state index in [0.717, 1.165) is 34.5 Å². The summed E-state index contributed by atoms with van der Waals surface area (Å²) in [6.07, 6.45) is 6.68. The molecule has 0 aliphatic carbocycles. The average molecular weight is 534 g/mol. The molecule has 0 radical (unpaired) electrons. The van der Waals surface area contributed by atoms with Gasteiger partial charge in [-0.2, -0.15) is 0 Å². The van der Waals surface area contributed by atoms with Gasteiger partial charge in [0.05, 0.1) is 10.6 Å². The number of rotatable bonds is 10. The van der Waals surface area contributed by atoms with Crippen LogP contribution in [0.4, 0.5) is 5.69 Å². The molecule has 0 aliphatic rings. The number of H-pyrrole nitrogens is 1. The smallest absolute Gasteiger partial charge is 0.264 e. The number of unbranched alkanes of at least 4 members (excludes halogenated alkanes) is 4. The van der Waals surface area contributed by atoms with Crippen molar-refractivity contribution in [3.05, 3.63) is 68.9 Å². The topological polar surface area (TPSA) is 99.3 Å². The predicted octanol–water partition coefficient (Wildman–Crippen LogP) is 4.82. The molecule has 0 atom stereocenters. The van der Waals surface area contributed by atoms with Crippen LogP contribution >= 0.6 is 15.9 Å². The number of anilines is 1. The number of hydrogen-bond donors (Lipinski definition) is 2. The number of fused-ring (bicyclic) bond motifs is 1. The number of aromatic amines is 1. The third-order valence-corrected chi connectivity index (χ3v) is 7.82. The fraction of sp³-hybridized carbons (Fsp3) is 0.333. The molecule has 2 N–H and O–H groups in total. The molecule has 0 unspecified atom stereocenters. The number of sulfonamides is 1. The van der Waals surface area contributed by atoms with Crippen LogP contribution in [0.15, 0.2) is 62.8 Å². The van der Waals surface area contributed by atoms with Crippen molar-refractivity contribution in [2.24, 2.45) is 0 Å². The van der Waals surface area contributed by atoms with Gasteiger partial charge in [0.25, 0.3) is 15.9 Å². The van der Waals surface area contributed by atoms with Gasteiger partial charge in [0, 0.05) is 35.2 Å². The quantitative estimate of drug-likeness (QED) is 0.365. The summed E-state index contributed by atoms with van der Waals surface area (Å²) >= 11 is 3.33. The van der Waals surface area contributed by atoms with Gasteiger partial charge in [-0.15, -0.1) is 0 Å². The van der Waals surface area contributed by atoms with E-state index in [1.165, 1.54) is 37.9 Å². The Balaban J connectivity index is 1.84. The average Bonchev–Trinajstić information content (AvgIpc) is 2.81. The van der Waals surface area contributed by atoms with Crippen molar-refractivity contribution in [3.8, 4) is 0 Å². The molecule has 0 bridgehead atoms. The number of carbonyl (C=O) groups is 1. The maximum Gasteiger partial charge on any atom is 0.264 e. The minimum absolute atomic E-state index is 0.0283. The highest BCUT2D eigenvalue weighted by molar-refractivity contribution is 9.10. The lowest BCUT2D eigenvalue weighted by Crippen LogP contribution is -2.30. The van der Waals surface area contributed by atoms with Crippen LogP contribution in [0.1, 0.15) is 49.4 Å². The number of nitrogens with zero attached hydrogens (tertiary/aromatic N) is 1. The first kappa shape index (κ1) is 25.0. The lowest BCUT2D eigenvalue weighted by molar-refractivity contribution is 0.0951. The Morgan fingerprint density at radius 1 is 1.06 bits per heavy atom. The fourth-order valence-electron chi connectivity index (χ4n) is 3.50. The Labute approximate surface area is 202 Å². The number of pyridine rings is 1. The first-order valence-corrected chi connectivity index (χ1v) is 13.2. The molecule has 3 aromatic rings. The molecule has 0 saturated heterocycles. The van der Waals surface area contributed by atoms with E-state index in [9.17, 15) is 18.0 Å². The second-order valence-corrected chi connectivity index (χ2v) is 10.7. The molecular weight excluding hydrogens is 506 g/mol. The molecule has 33 heavy (non-hydrogen) atoms. The molecular formula is C24H28BrN3O4S. The minimum Gasteiger partial charge on any atom is -0.360 e. The normalized spacial score (nSPS) is 11.5. The summed E-state index contributed by atoms with van der Waals surface area (Å²) in [5, 5.41) is 2.93. The van der Waals surface area contributed by atoms with Crippen LogP contribution in [-0.4, -0.2) is 32.9 Å². The summed E-state index contributed by atoms with van der Waals surface area (Å²) < 4.78 is 28.3. The van der Waals surface area contributed by atoms with Crippen molar-refractivity contribution < 1.29 is 13.2 Å². The number of nitrogens with one attached hydrogen (secondary N) is 2. The summed E-state index contributed by atoms with van der Waals surface area (Å²) in [6, 6.07) is 11.2. The summed E-state index contributed by atoms with van der Waals surface area (Å²) in [5.74, 6) is -0.464. The second-order valence-electron chi connectivity index (χ2n) is 7.86. The Morgan fingerprint density at radius 3 is 2.45 bits per heavy atom. The Bertz CT molecular complexity index is 1290. The zero-order chi connectivity index (χ0) is 24.0. The van der Waals surface area contributed by atoms with Crippen LogP contribution in [0.5, 0.6) is 0 Å². The molecule has 2 aromatic carbocycles. The predicted molar refractivity (Wildman–Crippen MR) is 135 cm³/mol. The molecule has 9 heteroatoms. The third kappa shape index (κ3) is 5.83. The van der Waals surface area contributed by atoms with Crippen LogP contribution in [0.2, 0.25) is 0 Å². The zero-order valence-electron chi connectivity index (χ0n) is 18.7. The third-order valence-electron chi connectivity index (χ3n) is 5.51. The number of aromatic nitrogens is 1. The van der Waals surface area contributed by atoms with Crippen molar-refractivity contribution in [3.63, 3.8) is 0 Å². The van der Waals surface area contributed by atoms with E-state index in [0.29, 0.717) is 17.7 Å². The van der Waals surface area contributed by atoms with Crippen molar-refractivity contribution in [2.45, 2.75) is 43.9 Å². The Hall–Kier alpha value is -2.65. The first-order valence-electron chi connectivity index (χ1n) is 10.9. The van der Waals surface area contributed by atoms with Crippen LogP contribution < -0.4 is 15.1 Å². The maximum absolute atomic E-state index is 13.2. The summed E-state index contributed by atoms with van der Waals surface area (Å²) in [5.41, 5.74) is 0.406. The van der Waals surface area contributed by atoms with Gasteiger partial charge in [-0.05, 0) is 48.9 Å². The van der Waals surface area contributed by atoms with E-state index in [1.807, 2.05) is 0 Å². The molecule has 0 aliphatic heterocycles. The van der Waals surface area contributed by atoms with Gasteiger partial charge in [-0.25, -0.2) is 8.42 Å². The van der Waals surface area contributed by atoms with E-state index in [1.54, 1.807) is 24.3 Å². The standard InChI is InChI=1S/C24H28BrN3O4S/c1-3-4-5-6-7-14-26-24(30)21-16-27-22-13-12-19(15-20(22)23(21)29)33(31,32)28(2)18-10-8-17(25)9-11-18/h8-13,15-16H,3-7,14H2,1-2H3,(H,26,30)(H,27,29). The number of amides is 1. The van der Waals surface area contributed by atoms with Crippen LogP contribution in [0.3, 0.4) is 0 Å². The van der Waals surface area contributed by atoms with Crippen molar-refractivity contribution >= 4 is 48.5 Å². The SMILES string of the molecule is CCCCCCCNC(=O)c1c[nH]c2ccc(S(=O)(=O)N(C)c3ccc(Br)cc3)cc2c1=O. The molecule has 176 valence electrons. The van der Waals surface area contributed by atoms with Crippen LogP contribution in [-0.2, 0) is 10.0 Å². The van der Waals surface area contributed by atoms with Gasteiger partial charge >= 0.3 is 0 Å². The van der Waals surface area contributed by atoms with Crippen LogP contribution in [0, 0.1) is 0 Å². The highest BCUT2D eigenvalue weighted by Crippen LogP contribution is 2.25. The zero-order valence-corrected chi connectivity index (χ0v) is 21.1. The van der Waals surface area contributed by atoms with Crippen molar-refractivity contribution in [1.82, 2.24) is 10.3 Å². The molecule has 3 rings (SSSR count). The molecule has 1 amide bonds. The minimum atomic E-state index is -3.91. The molecule has 0 fully saturated rings. The number of hydrogen-bond acceptors (Lipinski definition) is 4. The van der Waals surface area contributed by atoms with Crippen LogP contribution in [0.25, 0.3) is 10.9 Å². The van der Waals surface area contributed by atoms with E-state index in [4.69, 9.17) is 0 Å². The Morgan fingerprint density at radius 2 is 1.76 bits per heavy atom. The fourth-order valence-corrected chi connectivity index (χ4v) is 4.99. The summed E-state index contributed by atoms with van der Waals surface area (Å²) in [4.78, 5) is 28.4. The largest absolute Gasteiger partial charge is 0.360 e. The van der Waals surface area contributed by atoms with Gasteiger partial charge < -0.3 is 10.3 Å². The lowest BCUT2D eigenvalue weighted by Gasteiger charge is -2.20. The second kappa shape index (κ2) is 11.0. The van der Waals surface area contributed by atoms with E-state index in [-0.39, 0.29) is 15.8 Å². The molecule has 7 nitrogen and oxygen atoms in total. The number of halogens is 1. The van der Waals surface area contributed by atoms with Crippen molar-refractivity contribution in [1.29, 1.82) is 0 Å². The van der Waals surface area contributed by atoms with E-state index < -0.39 is 21.4 Å². The molecule has 1 aromatic heterocycles. The number of benzene rings is 2. The van der Waals surface area contributed by atoms with Gasteiger partial charge in [0.1, 0.15) is 5.56 Å². The molecule has 1 heterocycles. The number of carbonyl (C=O) groups excluding carboxylic acids is 1.